The maximum absolute atomic E-state index is 10.4. The van der Waals surface area contributed by atoms with Gasteiger partial charge in [-0.2, -0.15) is 21.0 Å². The third-order valence-electron chi connectivity index (χ3n) is 1.67. The quantitative estimate of drug-likeness (QED) is 0.529. The Kier molecular flexibility index (Phi) is 3.41. The van der Waals surface area contributed by atoms with Crippen LogP contribution < -0.4 is 0 Å². The summed E-state index contributed by atoms with van der Waals surface area (Å²) < 4.78 is 28.9. The van der Waals surface area contributed by atoms with E-state index in [4.69, 9.17) is 4.55 Å². The average Bonchev–Trinajstić information content (AvgIpc) is 1.56. The molecule has 0 aromatic heterocycles. The minimum atomic E-state index is -3.86. The number of hydrogen-bond acceptors (Lipinski definition) is 3. The molecule has 0 aromatic carbocycles. The lowest BCUT2D eigenvalue weighted by Crippen LogP contribution is -2.28. The van der Waals surface area contributed by atoms with E-state index in [-0.39, 0.29) is 16.4 Å². The monoisotopic (exact) mass is 198 g/mol. The highest BCUT2D eigenvalue weighted by Crippen LogP contribution is 2.24. The topological polar surface area (TPSA) is 54.4 Å². The number of thiol groups is 1. The molecule has 11 heavy (non-hydrogen) atoms. The van der Waals surface area contributed by atoms with Crippen molar-refractivity contribution in [1.82, 2.24) is 0 Å². The van der Waals surface area contributed by atoms with Gasteiger partial charge in [0.1, 0.15) is 0 Å². The van der Waals surface area contributed by atoms with Crippen molar-refractivity contribution in [2.24, 2.45) is 5.92 Å². The van der Waals surface area contributed by atoms with Gasteiger partial charge < -0.3 is 0 Å². The number of rotatable bonds is 3. The summed E-state index contributed by atoms with van der Waals surface area (Å²) in [6.07, 6.45) is 0. The highest BCUT2D eigenvalue weighted by Gasteiger charge is 2.25. The van der Waals surface area contributed by atoms with Crippen LogP contribution in [0.2, 0.25) is 0 Å². The van der Waals surface area contributed by atoms with Crippen LogP contribution in [0.25, 0.3) is 0 Å². The highest BCUT2D eigenvalue weighted by atomic mass is 32.2. The van der Waals surface area contributed by atoms with Gasteiger partial charge in [0.15, 0.2) is 0 Å². The van der Waals surface area contributed by atoms with E-state index in [2.05, 4.69) is 12.6 Å². The lowest BCUT2D eigenvalue weighted by atomic mass is 9.99. The normalized spacial score (nSPS) is 16.5. The molecular weight excluding hydrogens is 184 g/mol. The molecule has 0 aliphatic carbocycles. The molecule has 0 spiro atoms. The fourth-order valence-corrected chi connectivity index (χ4v) is 1.78. The minimum Gasteiger partial charge on any atom is -0.286 e. The summed E-state index contributed by atoms with van der Waals surface area (Å²) in [5, 5.41) is 0. The van der Waals surface area contributed by atoms with Crippen molar-refractivity contribution in [3.8, 4) is 0 Å². The molecule has 0 aliphatic rings. The molecule has 0 aromatic rings. The van der Waals surface area contributed by atoms with Crippen molar-refractivity contribution in [3.63, 3.8) is 0 Å². The van der Waals surface area contributed by atoms with Crippen molar-refractivity contribution < 1.29 is 13.0 Å². The molecule has 0 bridgehead atoms. The van der Waals surface area contributed by atoms with E-state index in [1.165, 1.54) is 0 Å². The van der Waals surface area contributed by atoms with Crippen LogP contribution in [0.5, 0.6) is 0 Å². The van der Waals surface area contributed by atoms with Crippen LogP contribution in [-0.2, 0) is 10.1 Å². The molecular formula is C6H14O3S2. The van der Waals surface area contributed by atoms with Crippen molar-refractivity contribution in [3.05, 3.63) is 0 Å². The predicted molar refractivity (Wildman–Crippen MR) is 48.6 cm³/mol. The second kappa shape index (κ2) is 3.33. The van der Waals surface area contributed by atoms with Gasteiger partial charge in [-0.1, -0.05) is 20.8 Å². The molecule has 0 radical (unpaired) electrons. The summed E-state index contributed by atoms with van der Waals surface area (Å²) >= 11 is 4.19. The zero-order valence-corrected chi connectivity index (χ0v) is 8.61. The van der Waals surface area contributed by atoms with Crippen LogP contribution in [0.15, 0.2) is 0 Å². The summed E-state index contributed by atoms with van der Waals surface area (Å²) in [5.74, 6) is -0.399. The molecule has 0 fully saturated rings. The van der Waals surface area contributed by atoms with Gasteiger partial charge in [-0.05, 0) is 5.92 Å². The molecule has 0 saturated heterocycles. The van der Waals surface area contributed by atoms with Gasteiger partial charge in [-0.3, -0.25) is 4.55 Å². The molecule has 0 saturated carbocycles. The fraction of sp³-hybridized carbons (Fsp3) is 1.00. The predicted octanol–water partition coefficient (Wildman–Crippen LogP) is 1.22. The summed E-state index contributed by atoms with van der Waals surface area (Å²) in [4.78, 5) is 0. The first-order chi connectivity index (χ1) is 4.63. The largest absolute Gasteiger partial charge is 0.286 e. The second-order valence-corrected chi connectivity index (χ2v) is 5.95. The van der Waals surface area contributed by atoms with Gasteiger partial charge in [-0.25, -0.2) is 0 Å². The lowest BCUT2D eigenvalue weighted by Gasteiger charge is -2.24. The standard InChI is InChI=1S/C6H14O3S2/c1-5(6(2,3)10)4-11(7,8)9/h5,10H,4H2,1-3H3,(H,7,8,9). The first-order valence-electron chi connectivity index (χ1n) is 3.30. The van der Waals surface area contributed by atoms with E-state index in [1.807, 2.05) is 13.8 Å². The maximum Gasteiger partial charge on any atom is 0.265 e. The van der Waals surface area contributed by atoms with Gasteiger partial charge in [0.2, 0.25) is 0 Å². The van der Waals surface area contributed by atoms with Crippen LogP contribution in [0, 0.1) is 5.92 Å². The van der Waals surface area contributed by atoms with Crippen LogP contribution >= 0.6 is 12.6 Å². The molecule has 0 rings (SSSR count). The van der Waals surface area contributed by atoms with E-state index in [9.17, 15) is 8.42 Å². The summed E-state index contributed by atoms with van der Waals surface area (Å²) in [5.41, 5.74) is 0. The van der Waals surface area contributed by atoms with Crippen molar-refractivity contribution >= 4 is 22.7 Å². The third-order valence-corrected chi connectivity index (χ3v) is 3.03. The Morgan fingerprint density at radius 3 is 2.00 bits per heavy atom. The SMILES string of the molecule is CC(CS(=O)(=O)O)C(C)(C)S. The zero-order chi connectivity index (χ0) is 9.28. The summed E-state index contributed by atoms with van der Waals surface area (Å²) in [6.45, 7) is 5.36. The van der Waals surface area contributed by atoms with Gasteiger partial charge in [0.25, 0.3) is 10.1 Å². The average molecular weight is 198 g/mol. The smallest absolute Gasteiger partial charge is 0.265 e. The molecule has 1 unspecified atom stereocenters. The molecule has 0 heterocycles. The first-order valence-corrected chi connectivity index (χ1v) is 5.36. The van der Waals surface area contributed by atoms with Crippen LogP contribution in [0.3, 0.4) is 0 Å². The zero-order valence-electron chi connectivity index (χ0n) is 6.90. The van der Waals surface area contributed by atoms with Crippen LogP contribution in [-0.4, -0.2) is 23.5 Å². The fourth-order valence-electron chi connectivity index (χ4n) is 0.520. The summed E-state index contributed by atoms with van der Waals surface area (Å²) in [7, 11) is -3.86. The Balaban J connectivity index is 4.21. The Morgan fingerprint density at radius 2 is 1.91 bits per heavy atom. The van der Waals surface area contributed by atoms with E-state index >= 15 is 0 Å². The Morgan fingerprint density at radius 1 is 1.55 bits per heavy atom. The first kappa shape index (κ1) is 11.3. The highest BCUT2D eigenvalue weighted by molar-refractivity contribution is 7.86. The Labute approximate surface area is 73.3 Å². The molecule has 5 heteroatoms. The summed E-state index contributed by atoms with van der Waals surface area (Å²) in [6, 6.07) is 0. The van der Waals surface area contributed by atoms with Crippen LogP contribution in [0.4, 0.5) is 0 Å². The van der Waals surface area contributed by atoms with Gasteiger partial charge in [0.05, 0.1) is 5.75 Å². The molecule has 0 amide bonds. The van der Waals surface area contributed by atoms with E-state index in [0.717, 1.165) is 0 Å². The Hall–Kier alpha value is 0.260. The molecule has 3 nitrogen and oxygen atoms in total. The second-order valence-electron chi connectivity index (χ2n) is 3.30. The van der Waals surface area contributed by atoms with Crippen LogP contribution in [0.1, 0.15) is 20.8 Å². The maximum atomic E-state index is 10.4. The molecule has 1 N–H and O–H groups in total. The Bertz CT molecular complexity index is 212. The lowest BCUT2D eigenvalue weighted by molar-refractivity contribution is 0.446. The van der Waals surface area contributed by atoms with Gasteiger partial charge in [-0.15, -0.1) is 0 Å². The molecule has 1 atom stereocenters. The third kappa shape index (κ3) is 5.52. The van der Waals surface area contributed by atoms with Crippen molar-refractivity contribution in [2.75, 3.05) is 5.75 Å². The van der Waals surface area contributed by atoms with E-state index in [1.54, 1.807) is 6.92 Å². The molecule has 0 aliphatic heterocycles. The van der Waals surface area contributed by atoms with Crippen molar-refractivity contribution in [2.45, 2.75) is 25.5 Å². The minimum absolute atomic E-state index is 0.166. The van der Waals surface area contributed by atoms with E-state index in [0.29, 0.717) is 0 Å². The van der Waals surface area contributed by atoms with Gasteiger partial charge >= 0.3 is 0 Å². The molecule has 68 valence electrons. The van der Waals surface area contributed by atoms with Crippen molar-refractivity contribution in [1.29, 1.82) is 0 Å². The number of hydrogen-bond donors (Lipinski definition) is 2. The van der Waals surface area contributed by atoms with Gasteiger partial charge in [0, 0.05) is 4.75 Å². The van der Waals surface area contributed by atoms with E-state index < -0.39 is 10.1 Å².